The van der Waals surface area contributed by atoms with E-state index < -0.39 is 0 Å². The molecule has 0 radical (unpaired) electrons. The van der Waals surface area contributed by atoms with E-state index in [1.807, 2.05) is 11.6 Å². The Balaban J connectivity index is 2.36. The second-order valence-corrected chi connectivity index (χ2v) is 3.91. The van der Waals surface area contributed by atoms with Crippen molar-refractivity contribution >= 4 is 11.6 Å². The van der Waals surface area contributed by atoms with Crippen LogP contribution in [0.2, 0.25) is 0 Å². The lowest BCUT2D eigenvalue weighted by atomic mass is 10.2. The van der Waals surface area contributed by atoms with E-state index in [4.69, 9.17) is 11.6 Å². The fourth-order valence-electron chi connectivity index (χ4n) is 1.29. The first-order valence-electron chi connectivity index (χ1n) is 4.74. The Morgan fingerprint density at radius 2 is 2.38 bits per heavy atom. The van der Waals surface area contributed by atoms with Crippen LogP contribution in [-0.2, 0) is 13.0 Å². The van der Waals surface area contributed by atoms with Crippen LogP contribution in [0.15, 0.2) is 6.33 Å². The van der Waals surface area contributed by atoms with Gasteiger partial charge in [-0.2, -0.15) is 5.10 Å². The summed E-state index contributed by atoms with van der Waals surface area (Å²) >= 11 is 5.85. The molecular weight excluding hydrogens is 186 g/mol. The van der Waals surface area contributed by atoms with E-state index in [1.54, 1.807) is 6.33 Å². The SMILES string of the molecule is CCn1ncnc1CCCC(C)Cl. The van der Waals surface area contributed by atoms with Crippen LogP contribution < -0.4 is 0 Å². The molecule has 1 rings (SSSR count). The molecule has 1 heterocycles. The van der Waals surface area contributed by atoms with Gasteiger partial charge in [0.1, 0.15) is 12.2 Å². The molecule has 74 valence electrons. The second-order valence-electron chi connectivity index (χ2n) is 3.17. The summed E-state index contributed by atoms with van der Waals surface area (Å²) in [4.78, 5) is 4.19. The minimum Gasteiger partial charge on any atom is -0.250 e. The number of nitrogens with zero attached hydrogens (tertiary/aromatic N) is 3. The molecule has 0 aromatic carbocycles. The molecule has 0 aliphatic rings. The van der Waals surface area contributed by atoms with Crippen molar-refractivity contribution in [1.29, 1.82) is 0 Å². The van der Waals surface area contributed by atoms with Crippen LogP contribution in [0.25, 0.3) is 0 Å². The Hall–Kier alpha value is -0.570. The van der Waals surface area contributed by atoms with E-state index in [-0.39, 0.29) is 5.38 Å². The molecule has 13 heavy (non-hydrogen) atoms. The molecule has 3 nitrogen and oxygen atoms in total. The first-order chi connectivity index (χ1) is 6.24. The summed E-state index contributed by atoms with van der Waals surface area (Å²) in [5, 5.41) is 4.37. The van der Waals surface area contributed by atoms with Gasteiger partial charge in [0.2, 0.25) is 0 Å². The van der Waals surface area contributed by atoms with Crippen molar-refractivity contribution in [1.82, 2.24) is 14.8 Å². The number of hydrogen-bond donors (Lipinski definition) is 0. The summed E-state index contributed by atoms with van der Waals surface area (Å²) in [7, 11) is 0. The van der Waals surface area contributed by atoms with Crippen molar-refractivity contribution in [2.24, 2.45) is 0 Å². The van der Waals surface area contributed by atoms with Crippen LogP contribution in [0.4, 0.5) is 0 Å². The molecule has 0 spiro atoms. The van der Waals surface area contributed by atoms with Gasteiger partial charge in [0.25, 0.3) is 0 Å². The van der Waals surface area contributed by atoms with Crippen LogP contribution in [0.5, 0.6) is 0 Å². The fraction of sp³-hybridized carbons (Fsp3) is 0.778. The maximum absolute atomic E-state index is 5.85. The summed E-state index contributed by atoms with van der Waals surface area (Å²) in [5.41, 5.74) is 0. The molecule has 0 aliphatic heterocycles. The third kappa shape index (κ3) is 3.35. The Kier molecular flexibility index (Phi) is 4.22. The minimum absolute atomic E-state index is 0.262. The topological polar surface area (TPSA) is 30.7 Å². The van der Waals surface area contributed by atoms with E-state index >= 15 is 0 Å². The average Bonchev–Trinajstić information content (AvgIpc) is 2.51. The molecule has 1 aromatic rings. The Morgan fingerprint density at radius 3 is 3.00 bits per heavy atom. The predicted molar refractivity (Wildman–Crippen MR) is 53.9 cm³/mol. The highest BCUT2D eigenvalue weighted by atomic mass is 35.5. The number of alkyl halides is 1. The third-order valence-electron chi connectivity index (χ3n) is 2.00. The Morgan fingerprint density at radius 1 is 1.62 bits per heavy atom. The highest BCUT2D eigenvalue weighted by Gasteiger charge is 2.03. The molecule has 0 amide bonds. The van der Waals surface area contributed by atoms with Gasteiger partial charge in [0.15, 0.2) is 0 Å². The highest BCUT2D eigenvalue weighted by Crippen LogP contribution is 2.07. The Labute approximate surface area is 84.1 Å². The lowest BCUT2D eigenvalue weighted by Gasteiger charge is -2.03. The zero-order valence-corrected chi connectivity index (χ0v) is 8.96. The molecule has 4 heteroatoms. The minimum atomic E-state index is 0.262. The molecular formula is C9H16ClN3. The Bertz CT molecular complexity index is 245. The first kappa shape index (κ1) is 10.5. The monoisotopic (exact) mass is 201 g/mol. The molecule has 0 saturated carbocycles. The van der Waals surface area contributed by atoms with Crippen molar-refractivity contribution in [3.63, 3.8) is 0 Å². The molecule has 0 aliphatic carbocycles. The number of rotatable bonds is 5. The smallest absolute Gasteiger partial charge is 0.138 e. The molecule has 0 bridgehead atoms. The highest BCUT2D eigenvalue weighted by molar-refractivity contribution is 6.20. The van der Waals surface area contributed by atoms with E-state index in [0.717, 1.165) is 31.6 Å². The summed E-state index contributed by atoms with van der Waals surface area (Å²) < 4.78 is 1.93. The molecule has 1 unspecified atom stereocenters. The molecule has 0 fully saturated rings. The summed E-state index contributed by atoms with van der Waals surface area (Å²) in [6.07, 6.45) is 4.72. The van der Waals surface area contributed by atoms with Crippen LogP contribution >= 0.6 is 11.6 Å². The van der Waals surface area contributed by atoms with Crippen LogP contribution in [0, 0.1) is 0 Å². The van der Waals surface area contributed by atoms with Gasteiger partial charge in [0.05, 0.1) is 0 Å². The van der Waals surface area contributed by atoms with Gasteiger partial charge in [-0.1, -0.05) is 0 Å². The number of aromatic nitrogens is 3. The molecule has 0 N–H and O–H groups in total. The number of halogens is 1. The first-order valence-corrected chi connectivity index (χ1v) is 5.18. The van der Waals surface area contributed by atoms with E-state index in [0.29, 0.717) is 0 Å². The molecule has 1 atom stereocenters. The van der Waals surface area contributed by atoms with Gasteiger partial charge in [-0.15, -0.1) is 11.6 Å². The van der Waals surface area contributed by atoms with Crippen LogP contribution in [-0.4, -0.2) is 20.1 Å². The van der Waals surface area contributed by atoms with Crippen molar-refractivity contribution < 1.29 is 0 Å². The zero-order chi connectivity index (χ0) is 9.68. The van der Waals surface area contributed by atoms with Crippen molar-refractivity contribution in [2.45, 2.75) is 45.0 Å². The summed E-state index contributed by atoms with van der Waals surface area (Å²) in [6.45, 7) is 4.99. The van der Waals surface area contributed by atoms with Gasteiger partial charge in [0, 0.05) is 18.3 Å². The van der Waals surface area contributed by atoms with Crippen molar-refractivity contribution in [3.05, 3.63) is 12.2 Å². The lowest BCUT2D eigenvalue weighted by Crippen LogP contribution is -2.04. The van der Waals surface area contributed by atoms with E-state index in [9.17, 15) is 0 Å². The lowest BCUT2D eigenvalue weighted by molar-refractivity contribution is 0.592. The van der Waals surface area contributed by atoms with Gasteiger partial charge in [-0.25, -0.2) is 4.98 Å². The third-order valence-corrected chi connectivity index (χ3v) is 2.22. The normalized spacial score (nSPS) is 13.2. The number of hydrogen-bond acceptors (Lipinski definition) is 2. The van der Waals surface area contributed by atoms with Crippen molar-refractivity contribution in [3.8, 4) is 0 Å². The average molecular weight is 202 g/mol. The summed E-state index contributed by atoms with van der Waals surface area (Å²) in [5.74, 6) is 1.07. The van der Waals surface area contributed by atoms with Crippen LogP contribution in [0.1, 0.15) is 32.5 Å². The quantitative estimate of drug-likeness (QED) is 0.685. The fourth-order valence-corrected chi connectivity index (χ4v) is 1.44. The van der Waals surface area contributed by atoms with Gasteiger partial charge in [-0.05, 0) is 26.7 Å². The number of aryl methyl sites for hydroxylation is 2. The predicted octanol–water partition coefficient (Wildman–Crippen LogP) is 2.25. The van der Waals surface area contributed by atoms with E-state index in [1.165, 1.54) is 0 Å². The van der Waals surface area contributed by atoms with Gasteiger partial charge < -0.3 is 0 Å². The van der Waals surface area contributed by atoms with Crippen molar-refractivity contribution in [2.75, 3.05) is 0 Å². The van der Waals surface area contributed by atoms with Crippen LogP contribution in [0.3, 0.4) is 0 Å². The maximum Gasteiger partial charge on any atom is 0.138 e. The van der Waals surface area contributed by atoms with Gasteiger partial charge >= 0.3 is 0 Å². The maximum atomic E-state index is 5.85. The van der Waals surface area contributed by atoms with Gasteiger partial charge in [-0.3, -0.25) is 4.68 Å². The standard InChI is InChI=1S/C9H16ClN3/c1-3-13-9(11-7-12-13)6-4-5-8(2)10/h7-8H,3-6H2,1-2H3. The second kappa shape index (κ2) is 5.22. The molecule has 1 aromatic heterocycles. The molecule has 0 saturated heterocycles. The largest absolute Gasteiger partial charge is 0.250 e. The van der Waals surface area contributed by atoms with E-state index in [2.05, 4.69) is 17.0 Å². The zero-order valence-electron chi connectivity index (χ0n) is 8.20. The summed E-state index contributed by atoms with van der Waals surface area (Å²) in [6, 6.07) is 0.